The first kappa shape index (κ1) is 28.9. The van der Waals surface area contributed by atoms with Gasteiger partial charge in [-0.15, -0.1) is 18.3 Å². The molecule has 2 amide bonds. The summed E-state index contributed by atoms with van der Waals surface area (Å²) in [5, 5.41) is 9.12. The fourth-order valence-electron chi connectivity index (χ4n) is 6.44. The minimum atomic E-state index is -0.667. The Morgan fingerprint density at radius 1 is 1.30 bits per heavy atom. The van der Waals surface area contributed by atoms with Crippen LogP contribution in [-0.4, -0.2) is 124 Å². The summed E-state index contributed by atoms with van der Waals surface area (Å²) in [6, 6.07) is -0.641. The van der Waals surface area contributed by atoms with Crippen LogP contribution in [0.15, 0.2) is 12.7 Å². The molecule has 0 aromatic carbocycles. The predicted molar refractivity (Wildman–Crippen MR) is 146 cm³/mol. The van der Waals surface area contributed by atoms with E-state index in [1.165, 1.54) is 0 Å². The molecule has 4 rings (SSSR count). The number of likely N-dealkylation sites (tertiary alicyclic amines) is 1. The average molecular weight is 603 g/mol. The van der Waals surface area contributed by atoms with E-state index in [4.69, 9.17) is 9.47 Å². The Hall–Kier alpha value is -1.14. The molecule has 4 fully saturated rings. The van der Waals surface area contributed by atoms with Gasteiger partial charge < -0.3 is 24.4 Å². The van der Waals surface area contributed by atoms with Crippen LogP contribution in [0.4, 0.5) is 0 Å². The van der Waals surface area contributed by atoms with Gasteiger partial charge >= 0.3 is 5.97 Å². The lowest BCUT2D eigenvalue weighted by Gasteiger charge is -2.38. The normalized spacial score (nSPS) is 33.0. The van der Waals surface area contributed by atoms with Gasteiger partial charge in [0, 0.05) is 56.0 Å². The Morgan fingerprint density at radius 2 is 2.05 bits per heavy atom. The zero-order chi connectivity index (χ0) is 26.6. The van der Waals surface area contributed by atoms with Crippen LogP contribution in [0.1, 0.15) is 32.6 Å². The standard InChI is InChI=1S/C26H40BrN3O6S/c1-3-8-29(11-10-28-12-15-35-16-13-28)24(33)22-26-17-18(27)21(37-26)19(25(34)36-4-2)20(26)23(32)30(22)9-6-5-7-14-31/h3,18-22,31H,1,4-17H2,2H3/t18?,19-,20+,21-,22?,26?/m1/s1. The number of halogens is 1. The Balaban J connectivity index is 1.62. The summed E-state index contributed by atoms with van der Waals surface area (Å²) in [6.45, 7) is 11.2. The maximum atomic E-state index is 14.3. The van der Waals surface area contributed by atoms with E-state index >= 15 is 0 Å². The smallest absolute Gasteiger partial charge is 0.310 e. The van der Waals surface area contributed by atoms with E-state index in [-0.39, 0.29) is 41.1 Å². The molecule has 1 spiro atoms. The second-order valence-corrected chi connectivity index (χ2v) is 13.0. The summed E-state index contributed by atoms with van der Waals surface area (Å²) < 4.78 is 10.2. The molecule has 0 aromatic heterocycles. The topological polar surface area (TPSA) is 99.6 Å². The number of nitrogens with zero attached hydrogens (tertiary/aromatic N) is 3. The summed E-state index contributed by atoms with van der Waals surface area (Å²) in [5.41, 5.74) is 0. The van der Waals surface area contributed by atoms with E-state index in [1.54, 1.807) is 29.7 Å². The number of ether oxygens (including phenoxy) is 2. The first-order valence-corrected chi connectivity index (χ1v) is 15.3. The van der Waals surface area contributed by atoms with Crippen LogP contribution in [0.25, 0.3) is 0 Å². The number of alkyl halides is 1. The zero-order valence-corrected chi connectivity index (χ0v) is 24.1. The quantitative estimate of drug-likeness (QED) is 0.147. The number of aliphatic hydroxyl groups excluding tert-OH is 1. The molecule has 4 saturated heterocycles. The van der Waals surface area contributed by atoms with Gasteiger partial charge in [0.15, 0.2) is 0 Å². The number of carbonyl (C=O) groups excluding carboxylic acids is 3. The maximum Gasteiger partial charge on any atom is 0.310 e. The summed E-state index contributed by atoms with van der Waals surface area (Å²) in [7, 11) is 0. The minimum absolute atomic E-state index is 0.0294. The van der Waals surface area contributed by atoms with Crippen LogP contribution in [0.5, 0.6) is 0 Å². The third-order valence-corrected chi connectivity index (χ3v) is 11.3. The SMILES string of the molecule is C=CCN(CCN1CCOCC1)C(=O)C1N(CCCCCO)C(=O)[C@@H]2[C@@H](C(=O)OCC)[C@@H]3SC12CC3Br. The molecule has 208 valence electrons. The minimum Gasteiger partial charge on any atom is -0.466 e. The van der Waals surface area contributed by atoms with Crippen molar-refractivity contribution >= 4 is 45.5 Å². The Morgan fingerprint density at radius 3 is 2.73 bits per heavy atom. The van der Waals surface area contributed by atoms with E-state index in [9.17, 15) is 19.5 Å². The van der Waals surface area contributed by atoms with Gasteiger partial charge in [-0.05, 0) is 32.6 Å². The lowest BCUT2D eigenvalue weighted by Crippen LogP contribution is -2.56. The molecule has 0 radical (unpaired) electrons. The van der Waals surface area contributed by atoms with Gasteiger partial charge in [0.1, 0.15) is 6.04 Å². The Kier molecular flexibility index (Phi) is 9.99. The van der Waals surface area contributed by atoms with Gasteiger partial charge in [-0.25, -0.2) is 0 Å². The molecular formula is C26H40BrN3O6S. The summed E-state index contributed by atoms with van der Waals surface area (Å²) >= 11 is 5.42. The van der Waals surface area contributed by atoms with E-state index < -0.39 is 22.6 Å². The summed E-state index contributed by atoms with van der Waals surface area (Å²) in [5.74, 6) is -1.64. The highest BCUT2D eigenvalue weighted by Gasteiger charge is 2.76. The van der Waals surface area contributed by atoms with Crippen LogP contribution in [0.2, 0.25) is 0 Å². The highest BCUT2D eigenvalue weighted by molar-refractivity contribution is 9.09. The summed E-state index contributed by atoms with van der Waals surface area (Å²) in [6.07, 6.45) is 4.52. The molecule has 0 saturated carbocycles. The van der Waals surface area contributed by atoms with Crippen LogP contribution in [-0.2, 0) is 23.9 Å². The number of morpholine rings is 1. The van der Waals surface area contributed by atoms with Crippen molar-refractivity contribution < 1.29 is 29.0 Å². The Labute approximate surface area is 232 Å². The van der Waals surface area contributed by atoms with Gasteiger partial charge in [-0.1, -0.05) is 22.0 Å². The second kappa shape index (κ2) is 12.8. The molecule has 4 aliphatic rings. The third kappa shape index (κ3) is 5.62. The lowest BCUT2D eigenvalue weighted by molar-refractivity contribution is -0.153. The number of thioether (sulfide) groups is 1. The predicted octanol–water partition coefficient (Wildman–Crippen LogP) is 1.52. The molecule has 1 N–H and O–H groups in total. The van der Waals surface area contributed by atoms with Crippen LogP contribution in [0.3, 0.4) is 0 Å². The number of aliphatic hydroxyl groups is 1. The van der Waals surface area contributed by atoms with Crippen molar-refractivity contribution in [3.05, 3.63) is 12.7 Å². The number of hydrogen-bond donors (Lipinski definition) is 1. The summed E-state index contributed by atoms with van der Waals surface area (Å²) in [4.78, 5) is 47.3. The van der Waals surface area contributed by atoms with Crippen molar-refractivity contribution in [1.82, 2.24) is 14.7 Å². The third-order valence-electron chi connectivity index (χ3n) is 8.09. The average Bonchev–Trinajstić information content (AvgIpc) is 3.48. The van der Waals surface area contributed by atoms with Crippen molar-refractivity contribution in [3.8, 4) is 0 Å². The fourth-order valence-corrected chi connectivity index (χ4v) is 10.0. The molecular weight excluding hydrogens is 562 g/mol. The highest BCUT2D eigenvalue weighted by atomic mass is 79.9. The van der Waals surface area contributed by atoms with Crippen molar-refractivity contribution in [1.29, 1.82) is 0 Å². The molecule has 11 heteroatoms. The van der Waals surface area contributed by atoms with Gasteiger partial charge in [0.2, 0.25) is 11.8 Å². The second-order valence-electron chi connectivity index (χ2n) is 10.3. The van der Waals surface area contributed by atoms with Gasteiger partial charge in [-0.2, -0.15) is 0 Å². The maximum absolute atomic E-state index is 14.3. The largest absolute Gasteiger partial charge is 0.466 e. The molecule has 9 nitrogen and oxygen atoms in total. The van der Waals surface area contributed by atoms with Crippen molar-refractivity contribution in [2.45, 2.75) is 53.5 Å². The van der Waals surface area contributed by atoms with E-state index in [0.29, 0.717) is 52.1 Å². The van der Waals surface area contributed by atoms with Crippen molar-refractivity contribution in [2.24, 2.45) is 11.8 Å². The van der Waals surface area contributed by atoms with Gasteiger partial charge in [-0.3, -0.25) is 19.3 Å². The number of hydrogen-bond acceptors (Lipinski definition) is 8. The molecule has 4 aliphatic heterocycles. The molecule has 2 bridgehead atoms. The van der Waals surface area contributed by atoms with E-state index in [0.717, 1.165) is 26.1 Å². The molecule has 37 heavy (non-hydrogen) atoms. The fraction of sp³-hybridized carbons (Fsp3) is 0.808. The monoisotopic (exact) mass is 601 g/mol. The number of fused-ring (bicyclic) bond motifs is 1. The number of unbranched alkanes of at least 4 members (excludes halogenated alkanes) is 2. The zero-order valence-electron chi connectivity index (χ0n) is 21.7. The van der Waals surface area contributed by atoms with Crippen molar-refractivity contribution in [3.63, 3.8) is 0 Å². The van der Waals surface area contributed by atoms with Gasteiger partial charge in [0.05, 0.1) is 36.4 Å². The highest BCUT2D eigenvalue weighted by Crippen LogP contribution is 2.68. The first-order chi connectivity index (χ1) is 17.9. The molecule has 0 aliphatic carbocycles. The number of carbonyl (C=O) groups is 3. The molecule has 4 heterocycles. The van der Waals surface area contributed by atoms with Crippen LogP contribution >= 0.6 is 27.7 Å². The number of esters is 1. The molecule has 3 unspecified atom stereocenters. The Bertz CT molecular complexity index is 858. The molecule has 0 aromatic rings. The first-order valence-electron chi connectivity index (χ1n) is 13.5. The van der Waals surface area contributed by atoms with Crippen LogP contribution in [0, 0.1) is 11.8 Å². The number of rotatable bonds is 13. The van der Waals surface area contributed by atoms with E-state index in [1.807, 2.05) is 4.90 Å². The lowest BCUT2D eigenvalue weighted by atomic mass is 9.71. The van der Waals surface area contributed by atoms with Crippen molar-refractivity contribution in [2.75, 3.05) is 65.7 Å². The van der Waals surface area contributed by atoms with Gasteiger partial charge in [0.25, 0.3) is 0 Å². The van der Waals surface area contributed by atoms with E-state index in [2.05, 4.69) is 27.4 Å². The number of amides is 2. The molecule has 6 atom stereocenters. The van der Waals surface area contributed by atoms with Crippen LogP contribution < -0.4 is 0 Å².